The zero-order valence-corrected chi connectivity index (χ0v) is 8.80. The van der Waals surface area contributed by atoms with Crippen molar-refractivity contribution in [3.63, 3.8) is 0 Å². The average molecular weight is 240 g/mol. The molecule has 1 heterocycles. The Balaban J connectivity index is 2.05. The molecular formula is C11H10F2N2O2. The Bertz CT molecular complexity index is 477. The van der Waals surface area contributed by atoms with Gasteiger partial charge in [0, 0.05) is 19.0 Å². The van der Waals surface area contributed by atoms with Crippen LogP contribution in [-0.4, -0.2) is 18.4 Å². The third-order valence-electron chi connectivity index (χ3n) is 2.54. The van der Waals surface area contributed by atoms with Gasteiger partial charge in [-0.25, -0.2) is 8.78 Å². The molecule has 0 aromatic heterocycles. The van der Waals surface area contributed by atoms with E-state index in [2.05, 4.69) is 10.6 Å². The van der Waals surface area contributed by atoms with Gasteiger partial charge in [0.25, 0.3) is 0 Å². The summed E-state index contributed by atoms with van der Waals surface area (Å²) >= 11 is 0. The number of hydrogen-bond acceptors (Lipinski definition) is 2. The summed E-state index contributed by atoms with van der Waals surface area (Å²) in [7, 11) is 0. The van der Waals surface area contributed by atoms with Crippen molar-refractivity contribution in [2.75, 3.05) is 11.9 Å². The van der Waals surface area contributed by atoms with Gasteiger partial charge in [0.2, 0.25) is 11.8 Å². The third kappa shape index (κ3) is 2.58. The highest BCUT2D eigenvalue weighted by molar-refractivity contribution is 5.97. The Morgan fingerprint density at radius 2 is 2.18 bits per heavy atom. The standard InChI is InChI=1S/C11H10F2N2O2/c12-7-1-2-9(8(13)4-7)15-11(17)6-3-10(16)14-5-6/h1-2,4,6H,3,5H2,(H,14,16)(H,15,17). The van der Waals surface area contributed by atoms with Gasteiger partial charge in [0.1, 0.15) is 11.6 Å². The predicted molar refractivity (Wildman–Crippen MR) is 56.1 cm³/mol. The largest absolute Gasteiger partial charge is 0.355 e. The molecule has 1 atom stereocenters. The number of carbonyl (C=O) groups is 2. The lowest BCUT2D eigenvalue weighted by Crippen LogP contribution is -2.25. The number of anilines is 1. The molecule has 2 rings (SSSR count). The number of nitrogens with one attached hydrogen (secondary N) is 2. The van der Waals surface area contributed by atoms with Crippen molar-refractivity contribution in [3.05, 3.63) is 29.8 Å². The maximum atomic E-state index is 13.2. The lowest BCUT2D eigenvalue weighted by atomic mass is 10.1. The van der Waals surface area contributed by atoms with Crippen molar-refractivity contribution >= 4 is 17.5 Å². The monoisotopic (exact) mass is 240 g/mol. The summed E-state index contributed by atoms with van der Waals surface area (Å²) in [5, 5.41) is 4.83. The summed E-state index contributed by atoms with van der Waals surface area (Å²) in [5.41, 5.74) is -0.0873. The van der Waals surface area contributed by atoms with Gasteiger partial charge in [-0.1, -0.05) is 0 Å². The van der Waals surface area contributed by atoms with Crippen molar-refractivity contribution in [3.8, 4) is 0 Å². The van der Waals surface area contributed by atoms with Crippen LogP contribution in [0.3, 0.4) is 0 Å². The van der Waals surface area contributed by atoms with Crippen molar-refractivity contribution in [2.45, 2.75) is 6.42 Å². The molecule has 90 valence electrons. The molecule has 1 aromatic carbocycles. The second-order valence-electron chi connectivity index (χ2n) is 3.82. The summed E-state index contributed by atoms with van der Waals surface area (Å²) in [6.45, 7) is 0.244. The number of amides is 2. The molecule has 1 unspecified atom stereocenters. The van der Waals surface area contributed by atoms with Crippen molar-refractivity contribution in [1.29, 1.82) is 0 Å². The van der Waals surface area contributed by atoms with Crippen LogP contribution < -0.4 is 10.6 Å². The first-order chi connectivity index (χ1) is 8.06. The van der Waals surface area contributed by atoms with Gasteiger partial charge >= 0.3 is 0 Å². The highest BCUT2D eigenvalue weighted by atomic mass is 19.1. The smallest absolute Gasteiger partial charge is 0.229 e. The fraction of sp³-hybridized carbons (Fsp3) is 0.273. The Labute approximate surface area is 96.0 Å². The van der Waals surface area contributed by atoms with Crippen LogP contribution in [0.25, 0.3) is 0 Å². The summed E-state index contributed by atoms with van der Waals surface area (Å²) in [4.78, 5) is 22.5. The Morgan fingerprint density at radius 3 is 2.76 bits per heavy atom. The van der Waals surface area contributed by atoms with Crippen LogP contribution >= 0.6 is 0 Å². The van der Waals surface area contributed by atoms with Crippen LogP contribution in [-0.2, 0) is 9.59 Å². The van der Waals surface area contributed by atoms with E-state index in [1.54, 1.807) is 0 Å². The van der Waals surface area contributed by atoms with E-state index in [-0.39, 0.29) is 24.6 Å². The van der Waals surface area contributed by atoms with Crippen LogP contribution in [0.15, 0.2) is 18.2 Å². The highest BCUT2D eigenvalue weighted by Crippen LogP contribution is 2.17. The summed E-state index contributed by atoms with van der Waals surface area (Å²) in [5.74, 6) is -2.71. The molecule has 0 aliphatic carbocycles. The zero-order chi connectivity index (χ0) is 12.4. The quantitative estimate of drug-likeness (QED) is 0.811. The molecule has 1 saturated heterocycles. The molecule has 6 heteroatoms. The first-order valence-corrected chi connectivity index (χ1v) is 5.09. The highest BCUT2D eigenvalue weighted by Gasteiger charge is 2.28. The van der Waals surface area contributed by atoms with Gasteiger partial charge in [0.15, 0.2) is 0 Å². The second-order valence-corrected chi connectivity index (χ2v) is 3.82. The lowest BCUT2D eigenvalue weighted by Gasteiger charge is -2.09. The lowest BCUT2D eigenvalue weighted by molar-refractivity contribution is -0.123. The van der Waals surface area contributed by atoms with Gasteiger partial charge in [-0.2, -0.15) is 0 Å². The van der Waals surface area contributed by atoms with Crippen LogP contribution in [0.5, 0.6) is 0 Å². The number of halogens is 2. The SMILES string of the molecule is O=C1CC(C(=O)Nc2ccc(F)cc2F)CN1. The van der Waals surface area contributed by atoms with E-state index in [9.17, 15) is 18.4 Å². The summed E-state index contributed by atoms with van der Waals surface area (Å²) in [6, 6.07) is 2.89. The van der Waals surface area contributed by atoms with E-state index in [0.29, 0.717) is 6.07 Å². The van der Waals surface area contributed by atoms with Crippen molar-refractivity contribution < 1.29 is 18.4 Å². The minimum atomic E-state index is -0.837. The molecule has 0 bridgehead atoms. The van der Waals surface area contributed by atoms with Crippen LogP contribution in [0, 0.1) is 17.6 Å². The van der Waals surface area contributed by atoms with Crippen LogP contribution in [0.1, 0.15) is 6.42 Å². The molecule has 17 heavy (non-hydrogen) atoms. The predicted octanol–water partition coefficient (Wildman–Crippen LogP) is 1.04. The van der Waals surface area contributed by atoms with Gasteiger partial charge in [0.05, 0.1) is 11.6 Å². The maximum Gasteiger partial charge on any atom is 0.229 e. The molecule has 1 aliphatic heterocycles. The van der Waals surface area contributed by atoms with Crippen molar-refractivity contribution in [2.24, 2.45) is 5.92 Å². The molecule has 1 aliphatic rings. The van der Waals surface area contributed by atoms with E-state index < -0.39 is 23.5 Å². The number of carbonyl (C=O) groups excluding carboxylic acids is 2. The number of hydrogen-bond donors (Lipinski definition) is 2. The minimum absolute atomic E-state index is 0.0873. The van der Waals surface area contributed by atoms with Gasteiger partial charge in [-0.3, -0.25) is 9.59 Å². The van der Waals surface area contributed by atoms with Gasteiger partial charge in [-0.05, 0) is 12.1 Å². The Morgan fingerprint density at radius 1 is 1.41 bits per heavy atom. The molecule has 1 aromatic rings. The fourth-order valence-electron chi connectivity index (χ4n) is 1.62. The van der Waals surface area contributed by atoms with Crippen LogP contribution in [0.2, 0.25) is 0 Å². The van der Waals surface area contributed by atoms with Crippen LogP contribution in [0.4, 0.5) is 14.5 Å². The first kappa shape index (κ1) is 11.5. The maximum absolute atomic E-state index is 13.2. The Hall–Kier alpha value is -1.98. The topological polar surface area (TPSA) is 58.2 Å². The molecule has 0 spiro atoms. The normalized spacial score (nSPS) is 18.9. The molecule has 2 N–H and O–H groups in total. The zero-order valence-electron chi connectivity index (χ0n) is 8.80. The average Bonchev–Trinajstić information content (AvgIpc) is 2.69. The first-order valence-electron chi connectivity index (χ1n) is 5.09. The Kier molecular flexibility index (Phi) is 3.03. The van der Waals surface area contributed by atoms with E-state index in [0.717, 1.165) is 12.1 Å². The summed E-state index contributed by atoms with van der Waals surface area (Å²) in [6.07, 6.45) is 0.0919. The van der Waals surface area contributed by atoms with E-state index in [4.69, 9.17) is 0 Å². The van der Waals surface area contributed by atoms with E-state index in [1.165, 1.54) is 0 Å². The van der Waals surface area contributed by atoms with Gasteiger partial charge < -0.3 is 10.6 Å². The molecule has 0 saturated carbocycles. The van der Waals surface area contributed by atoms with Crippen molar-refractivity contribution in [1.82, 2.24) is 5.32 Å². The molecule has 1 fully saturated rings. The second kappa shape index (κ2) is 4.48. The van der Waals surface area contributed by atoms with E-state index in [1.807, 2.05) is 0 Å². The minimum Gasteiger partial charge on any atom is -0.355 e. The fourth-order valence-corrected chi connectivity index (χ4v) is 1.62. The van der Waals surface area contributed by atoms with Gasteiger partial charge in [-0.15, -0.1) is 0 Å². The third-order valence-corrected chi connectivity index (χ3v) is 2.54. The molecule has 4 nitrogen and oxygen atoms in total. The summed E-state index contributed by atoms with van der Waals surface area (Å²) < 4.78 is 25.9. The number of rotatable bonds is 2. The molecule has 0 radical (unpaired) electrons. The molecule has 2 amide bonds. The number of benzene rings is 1. The molecular weight excluding hydrogens is 230 g/mol. The van der Waals surface area contributed by atoms with E-state index >= 15 is 0 Å².